The fourth-order valence-corrected chi connectivity index (χ4v) is 3.73. The Bertz CT molecular complexity index is 490. The first kappa shape index (κ1) is 14.9. The minimum atomic E-state index is -1.15. The lowest BCUT2D eigenvalue weighted by Crippen LogP contribution is -2.43. The SMILES string of the molecule is O=C(O)[C@H]1C[C@@H](Sc2ccccc2)[C@@H](O)C[C@H]1C(=O)O. The number of carboxylic acids is 2. The molecule has 1 aromatic carbocycles. The molecule has 0 radical (unpaired) electrons. The minimum absolute atomic E-state index is 0.0171. The van der Waals surface area contributed by atoms with Gasteiger partial charge in [0, 0.05) is 10.1 Å². The summed E-state index contributed by atoms with van der Waals surface area (Å²) in [5.41, 5.74) is 0. The molecule has 0 aliphatic heterocycles. The van der Waals surface area contributed by atoms with Gasteiger partial charge in [0.25, 0.3) is 0 Å². The van der Waals surface area contributed by atoms with E-state index >= 15 is 0 Å². The van der Waals surface area contributed by atoms with Crippen molar-refractivity contribution in [3.05, 3.63) is 30.3 Å². The van der Waals surface area contributed by atoms with Crippen LogP contribution < -0.4 is 0 Å². The Labute approximate surface area is 120 Å². The largest absolute Gasteiger partial charge is 0.481 e. The molecule has 2 rings (SSSR count). The molecule has 108 valence electrons. The minimum Gasteiger partial charge on any atom is -0.481 e. The van der Waals surface area contributed by atoms with Gasteiger partial charge in [-0.25, -0.2) is 0 Å². The maximum Gasteiger partial charge on any atom is 0.307 e. The molecule has 0 amide bonds. The number of benzene rings is 1. The molecule has 3 N–H and O–H groups in total. The van der Waals surface area contributed by atoms with Gasteiger partial charge < -0.3 is 15.3 Å². The van der Waals surface area contributed by atoms with Gasteiger partial charge in [-0.3, -0.25) is 9.59 Å². The van der Waals surface area contributed by atoms with E-state index in [0.29, 0.717) is 0 Å². The lowest BCUT2D eigenvalue weighted by atomic mass is 9.77. The van der Waals surface area contributed by atoms with Gasteiger partial charge in [0.15, 0.2) is 0 Å². The Kier molecular flexibility index (Phi) is 4.67. The average Bonchev–Trinajstić information content (AvgIpc) is 2.41. The maximum absolute atomic E-state index is 11.2. The van der Waals surface area contributed by atoms with E-state index in [0.717, 1.165) is 4.90 Å². The van der Waals surface area contributed by atoms with E-state index in [2.05, 4.69) is 0 Å². The summed E-state index contributed by atoms with van der Waals surface area (Å²) in [5.74, 6) is -4.23. The van der Waals surface area contributed by atoms with E-state index in [1.807, 2.05) is 30.3 Å². The fourth-order valence-electron chi connectivity index (χ4n) is 2.49. The monoisotopic (exact) mass is 296 g/mol. The zero-order valence-corrected chi connectivity index (χ0v) is 11.5. The lowest BCUT2D eigenvalue weighted by molar-refractivity contribution is -0.157. The third-order valence-electron chi connectivity index (χ3n) is 3.56. The zero-order valence-electron chi connectivity index (χ0n) is 10.7. The third-order valence-corrected chi connectivity index (χ3v) is 4.92. The molecule has 0 aromatic heterocycles. The Morgan fingerprint density at radius 1 is 1.00 bits per heavy atom. The molecule has 20 heavy (non-hydrogen) atoms. The first-order valence-corrected chi connectivity index (χ1v) is 7.22. The smallest absolute Gasteiger partial charge is 0.307 e. The van der Waals surface area contributed by atoms with Crippen molar-refractivity contribution in [2.75, 3.05) is 0 Å². The van der Waals surface area contributed by atoms with E-state index in [4.69, 9.17) is 5.11 Å². The van der Waals surface area contributed by atoms with Crippen molar-refractivity contribution in [3.8, 4) is 0 Å². The molecule has 6 heteroatoms. The second-order valence-electron chi connectivity index (χ2n) is 4.90. The number of rotatable bonds is 4. The normalized spacial score (nSPS) is 29.9. The van der Waals surface area contributed by atoms with Crippen molar-refractivity contribution in [1.82, 2.24) is 0 Å². The summed E-state index contributed by atoms with van der Waals surface area (Å²) in [4.78, 5) is 23.3. The zero-order chi connectivity index (χ0) is 14.7. The second kappa shape index (κ2) is 6.28. The van der Waals surface area contributed by atoms with Gasteiger partial charge in [0.05, 0.1) is 17.9 Å². The van der Waals surface area contributed by atoms with Crippen LogP contribution in [0.4, 0.5) is 0 Å². The quantitative estimate of drug-likeness (QED) is 0.783. The first-order chi connectivity index (χ1) is 9.49. The molecule has 1 aromatic rings. The molecule has 0 saturated heterocycles. The van der Waals surface area contributed by atoms with Gasteiger partial charge in [0.1, 0.15) is 0 Å². The van der Waals surface area contributed by atoms with Gasteiger partial charge in [-0.2, -0.15) is 0 Å². The van der Waals surface area contributed by atoms with Crippen LogP contribution in [0.1, 0.15) is 12.8 Å². The van der Waals surface area contributed by atoms with Crippen LogP contribution in [0.3, 0.4) is 0 Å². The number of hydrogen-bond acceptors (Lipinski definition) is 4. The van der Waals surface area contributed by atoms with Crippen molar-refractivity contribution in [2.45, 2.75) is 29.1 Å². The summed E-state index contributed by atoms with van der Waals surface area (Å²) in [6.07, 6.45) is -0.666. The first-order valence-electron chi connectivity index (χ1n) is 6.34. The number of aliphatic carboxylic acids is 2. The van der Waals surface area contributed by atoms with Gasteiger partial charge >= 0.3 is 11.9 Å². The molecule has 0 bridgehead atoms. The molecule has 1 aliphatic rings. The lowest BCUT2D eigenvalue weighted by Gasteiger charge is -2.35. The third kappa shape index (κ3) is 3.32. The van der Waals surface area contributed by atoms with E-state index in [1.54, 1.807) is 0 Å². The molecule has 4 atom stereocenters. The Morgan fingerprint density at radius 2 is 1.55 bits per heavy atom. The molecule has 1 aliphatic carbocycles. The van der Waals surface area contributed by atoms with Crippen LogP contribution in [-0.2, 0) is 9.59 Å². The van der Waals surface area contributed by atoms with Crippen LogP contribution in [-0.4, -0.2) is 38.6 Å². The van der Waals surface area contributed by atoms with Gasteiger partial charge in [-0.1, -0.05) is 18.2 Å². The van der Waals surface area contributed by atoms with Crippen molar-refractivity contribution >= 4 is 23.7 Å². The van der Waals surface area contributed by atoms with Crippen LogP contribution in [0.2, 0.25) is 0 Å². The fraction of sp³-hybridized carbons (Fsp3) is 0.429. The summed E-state index contributed by atoms with van der Waals surface area (Å²) in [6, 6.07) is 9.38. The molecule has 5 nitrogen and oxygen atoms in total. The van der Waals surface area contributed by atoms with E-state index in [-0.39, 0.29) is 18.1 Å². The van der Waals surface area contributed by atoms with Gasteiger partial charge in [0.2, 0.25) is 0 Å². The van der Waals surface area contributed by atoms with Crippen LogP contribution >= 0.6 is 11.8 Å². The Morgan fingerprint density at radius 3 is 2.10 bits per heavy atom. The van der Waals surface area contributed by atoms with Crippen molar-refractivity contribution in [2.24, 2.45) is 11.8 Å². The summed E-state index contributed by atoms with van der Waals surface area (Å²) in [5, 5.41) is 28.0. The molecule has 1 fully saturated rings. The highest BCUT2D eigenvalue weighted by Crippen LogP contribution is 2.39. The summed E-state index contributed by atoms with van der Waals surface area (Å²) in [7, 11) is 0. The predicted molar refractivity (Wildman–Crippen MR) is 73.6 cm³/mol. The van der Waals surface area contributed by atoms with Crippen LogP contribution in [0.5, 0.6) is 0 Å². The summed E-state index contributed by atoms with van der Waals surface area (Å²) < 4.78 is 0. The number of hydrogen-bond donors (Lipinski definition) is 3. The number of thioether (sulfide) groups is 1. The highest BCUT2D eigenvalue weighted by atomic mass is 32.2. The van der Waals surface area contributed by atoms with Crippen molar-refractivity contribution in [1.29, 1.82) is 0 Å². The number of aliphatic hydroxyl groups is 1. The summed E-state index contributed by atoms with van der Waals surface area (Å²) >= 11 is 1.40. The van der Waals surface area contributed by atoms with E-state index in [1.165, 1.54) is 11.8 Å². The molecular formula is C14H16O5S. The topological polar surface area (TPSA) is 94.8 Å². The van der Waals surface area contributed by atoms with Crippen LogP contribution in [0.15, 0.2) is 35.2 Å². The highest BCUT2D eigenvalue weighted by molar-refractivity contribution is 8.00. The number of carboxylic acid groups (broad SMARTS) is 2. The van der Waals surface area contributed by atoms with Crippen LogP contribution in [0, 0.1) is 11.8 Å². The maximum atomic E-state index is 11.2. The van der Waals surface area contributed by atoms with Crippen molar-refractivity contribution < 1.29 is 24.9 Å². The standard InChI is InChI=1S/C14H16O5S/c15-11-6-9(13(16)17)10(14(18)19)7-12(11)20-8-4-2-1-3-5-8/h1-5,9-12,15H,6-7H2,(H,16,17)(H,18,19)/t9-,10+,11+,12-/m1/s1. The Balaban J connectivity index is 2.12. The van der Waals surface area contributed by atoms with E-state index < -0.39 is 29.9 Å². The number of aliphatic hydroxyl groups excluding tert-OH is 1. The molecule has 0 heterocycles. The predicted octanol–water partition coefficient (Wildman–Crippen LogP) is 1.70. The Hall–Kier alpha value is -1.53. The highest BCUT2D eigenvalue weighted by Gasteiger charge is 2.43. The van der Waals surface area contributed by atoms with Crippen LogP contribution in [0.25, 0.3) is 0 Å². The molecule has 0 unspecified atom stereocenters. The van der Waals surface area contributed by atoms with Gasteiger partial charge in [-0.05, 0) is 25.0 Å². The molecular weight excluding hydrogens is 280 g/mol. The molecule has 0 spiro atoms. The van der Waals surface area contributed by atoms with Crippen molar-refractivity contribution in [3.63, 3.8) is 0 Å². The second-order valence-corrected chi connectivity index (χ2v) is 6.21. The number of carbonyl (C=O) groups is 2. The average molecular weight is 296 g/mol. The van der Waals surface area contributed by atoms with E-state index in [9.17, 15) is 19.8 Å². The van der Waals surface area contributed by atoms with Gasteiger partial charge in [-0.15, -0.1) is 11.8 Å². The molecule has 1 saturated carbocycles. The summed E-state index contributed by atoms with van der Waals surface area (Å²) in [6.45, 7) is 0.